The van der Waals surface area contributed by atoms with Crippen LogP contribution in [0.3, 0.4) is 0 Å². The van der Waals surface area contributed by atoms with Crippen molar-refractivity contribution in [1.29, 1.82) is 0 Å². The number of carbonyl (C=O) groups excluding carboxylic acids is 1. The lowest BCUT2D eigenvalue weighted by atomic mass is 10.3. The smallest absolute Gasteiger partial charge is 0.151 e. The summed E-state index contributed by atoms with van der Waals surface area (Å²) in [6.45, 7) is 4.26. The van der Waals surface area contributed by atoms with Crippen molar-refractivity contribution in [3.05, 3.63) is 24.0 Å². The number of nitrogens with zero attached hydrogens (tertiary/aromatic N) is 1. The van der Waals surface area contributed by atoms with E-state index in [2.05, 4.69) is 18.4 Å². The number of aldehydes is 1. The first kappa shape index (κ1) is 8.05. The van der Waals surface area contributed by atoms with Crippen molar-refractivity contribution >= 4 is 6.29 Å². The third-order valence-corrected chi connectivity index (χ3v) is 1.97. The molecule has 2 nitrogen and oxygen atoms in total. The summed E-state index contributed by atoms with van der Waals surface area (Å²) in [7, 11) is 0. The van der Waals surface area contributed by atoms with Crippen LogP contribution in [0, 0.1) is 0 Å². The van der Waals surface area contributed by atoms with E-state index in [1.54, 1.807) is 0 Å². The minimum absolute atomic E-state index is 0.490. The van der Waals surface area contributed by atoms with Crippen molar-refractivity contribution < 1.29 is 4.79 Å². The van der Waals surface area contributed by atoms with Crippen molar-refractivity contribution in [2.24, 2.45) is 0 Å². The molecule has 60 valence electrons. The summed E-state index contributed by atoms with van der Waals surface area (Å²) in [5, 5.41) is 0. The summed E-state index contributed by atoms with van der Waals surface area (Å²) in [6.07, 6.45) is 5.78. The number of hydrogen-bond donors (Lipinski definition) is 0. The average Bonchev–Trinajstić information content (AvgIpc) is 2.50. The van der Waals surface area contributed by atoms with Crippen molar-refractivity contribution in [3.8, 4) is 0 Å². The Hall–Kier alpha value is -1.05. The maximum Gasteiger partial charge on any atom is 0.151 e. The monoisotopic (exact) mass is 151 g/mol. The zero-order valence-corrected chi connectivity index (χ0v) is 6.95. The van der Waals surface area contributed by atoms with Crippen LogP contribution in [0.15, 0.2) is 18.5 Å². The molecular formula is C9H13NO. The van der Waals surface area contributed by atoms with Gasteiger partial charge in [0.2, 0.25) is 0 Å². The summed E-state index contributed by atoms with van der Waals surface area (Å²) in [5.41, 5.74) is 0.755. The summed E-state index contributed by atoms with van der Waals surface area (Å²) in [6, 6.07) is 2.32. The van der Waals surface area contributed by atoms with Gasteiger partial charge in [0.15, 0.2) is 6.29 Å². The lowest BCUT2D eigenvalue weighted by Crippen LogP contribution is -1.99. The fourth-order valence-corrected chi connectivity index (χ4v) is 0.985. The van der Waals surface area contributed by atoms with E-state index in [4.69, 9.17) is 0 Å². The molecule has 0 aliphatic rings. The highest BCUT2D eigenvalue weighted by molar-refractivity contribution is 5.74. The Morgan fingerprint density at radius 1 is 1.73 bits per heavy atom. The highest BCUT2D eigenvalue weighted by Crippen LogP contribution is 2.10. The van der Waals surface area contributed by atoms with Gasteiger partial charge in [0.1, 0.15) is 0 Å². The van der Waals surface area contributed by atoms with Crippen LogP contribution in [0.1, 0.15) is 36.7 Å². The number of carbonyl (C=O) groups is 1. The minimum atomic E-state index is 0.490. The molecular weight excluding hydrogens is 138 g/mol. The molecule has 0 aliphatic heterocycles. The maximum atomic E-state index is 10.3. The molecule has 0 radical (unpaired) electrons. The fraction of sp³-hybridized carbons (Fsp3) is 0.444. The van der Waals surface area contributed by atoms with Crippen LogP contribution < -0.4 is 0 Å². The van der Waals surface area contributed by atoms with Crippen molar-refractivity contribution in [3.63, 3.8) is 0 Å². The van der Waals surface area contributed by atoms with E-state index in [0.717, 1.165) is 18.3 Å². The predicted octanol–water partition coefficient (Wildman–Crippen LogP) is 2.27. The Bertz CT molecular complexity index is 239. The van der Waals surface area contributed by atoms with Crippen molar-refractivity contribution in [1.82, 2.24) is 4.57 Å². The second kappa shape index (κ2) is 3.37. The largest absolute Gasteiger partial charge is 0.351 e. The van der Waals surface area contributed by atoms with E-state index in [-0.39, 0.29) is 0 Å². The summed E-state index contributed by atoms with van der Waals surface area (Å²) < 4.78 is 2.06. The average molecular weight is 151 g/mol. The third-order valence-electron chi connectivity index (χ3n) is 1.97. The van der Waals surface area contributed by atoms with Gasteiger partial charge in [-0.1, -0.05) is 6.92 Å². The van der Waals surface area contributed by atoms with Crippen LogP contribution >= 0.6 is 0 Å². The highest BCUT2D eigenvalue weighted by Gasteiger charge is 2.00. The van der Waals surface area contributed by atoms with Crippen molar-refractivity contribution in [2.45, 2.75) is 26.3 Å². The topological polar surface area (TPSA) is 22.0 Å². The number of hydrogen-bond acceptors (Lipinski definition) is 1. The van der Waals surface area contributed by atoms with Crippen molar-refractivity contribution in [2.75, 3.05) is 0 Å². The quantitative estimate of drug-likeness (QED) is 0.607. The van der Waals surface area contributed by atoms with E-state index >= 15 is 0 Å². The Labute approximate surface area is 66.8 Å². The number of rotatable bonds is 3. The Balaban J connectivity index is 2.79. The molecule has 1 heterocycles. The van der Waals surface area contributed by atoms with Crippen LogP contribution in [0.2, 0.25) is 0 Å². The first-order valence-electron chi connectivity index (χ1n) is 3.90. The molecule has 1 atom stereocenters. The molecule has 0 aromatic carbocycles. The first-order valence-corrected chi connectivity index (χ1v) is 3.90. The van der Waals surface area contributed by atoms with Crippen LogP contribution in [0.5, 0.6) is 0 Å². The van der Waals surface area contributed by atoms with Crippen LogP contribution in [0.25, 0.3) is 0 Å². The Morgan fingerprint density at radius 3 is 2.91 bits per heavy atom. The molecule has 0 aliphatic carbocycles. The van der Waals surface area contributed by atoms with E-state index in [9.17, 15) is 4.79 Å². The second-order valence-electron chi connectivity index (χ2n) is 2.77. The van der Waals surface area contributed by atoms with Crippen LogP contribution in [-0.2, 0) is 0 Å². The van der Waals surface area contributed by atoms with Gasteiger partial charge in [0.05, 0.1) is 0 Å². The fourth-order valence-electron chi connectivity index (χ4n) is 0.985. The molecule has 0 saturated heterocycles. The van der Waals surface area contributed by atoms with Crippen LogP contribution in [0.4, 0.5) is 0 Å². The van der Waals surface area contributed by atoms with Gasteiger partial charge in [-0.25, -0.2) is 0 Å². The molecule has 1 aromatic heterocycles. The van der Waals surface area contributed by atoms with E-state index in [0.29, 0.717) is 6.04 Å². The SMILES string of the molecule is CC[C@@H](C)n1ccc(C=O)c1. The molecule has 1 aromatic rings. The molecule has 0 bridgehead atoms. The van der Waals surface area contributed by atoms with Gasteiger partial charge in [-0.2, -0.15) is 0 Å². The summed E-state index contributed by atoms with van der Waals surface area (Å²) in [5.74, 6) is 0. The van der Waals surface area contributed by atoms with Gasteiger partial charge >= 0.3 is 0 Å². The lowest BCUT2D eigenvalue weighted by molar-refractivity contribution is 0.112. The zero-order chi connectivity index (χ0) is 8.27. The molecule has 2 heteroatoms. The molecule has 0 unspecified atom stereocenters. The third kappa shape index (κ3) is 1.70. The molecule has 0 N–H and O–H groups in total. The molecule has 0 amide bonds. The predicted molar refractivity (Wildman–Crippen MR) is 44.8 cm³/mol. The van der Waals surface area contributed by atoms with Gasteiger partial charge in [-0.05, 0) is 19.4 Å². The maximum absolute atomic E-state index is 10.3. The van der Waals surface area contributed by atoms with Gasteiger partial charge in [0.25, 0.3) is 0 Å². The summed E-state index contributed by atoms with van der Waals surface area (Å²) >= 11 is 0. The molecule has 1 rings (SSSR count). The standard InChI is InChI=1S/C9H13NO/c1-3-8(2)10-5-4-9(6-10)7-11/h4-8H,3H2,1-2H3/t8-/m1/s1. The van der Waals surface area contributed by atoms with E-state index in [1.165, 1.54) is 0 Å². The van der Waals surface area contributed by atoms with Gasteiger partial charge in [-0.3, -0.25) is 4.79 Å². The minimum Gasteiger partial charge on any atom is -0.351 e. The normalized spacial score (nSPS) is 12.9. The van der Waals surface area contributed by atoms with E-state index < -0.39 is 0 Å². The molecule has 11 heavy (non-hydrogen) atoms. The first-order chi connectivity index (χ1) is 5.27. The Kier molecular flexibility index (Phi) is 2.47. The summed E-state index contributed by atoms with van der Waals surface area (Å²) in [4.78, 5) is 10.3. The van der Waals surface area contributed by atoms with E-state index in [1.807, 2.05) is 18.5 Å². The second-order valence-corrected chi connectivity index (χ2v) is 2.77. The van der Waals surface area contributed by atoms with Gasteiger partial charge in [-0.15, -0.1) is 0 Å². The van der Waals surface area contributed by atoms with Crippen LogP contribution in [-0.4, -0.2) is 10.9 Å². The molecule has 0 fully saturated rings. The lowest BCUT2D eigenvalue weighted by Gasteiger charge is -2.09. The number of aromatic nitrogens is 1. The van der Waals surface area contributed by atoms with Gasteiger partial charge < -0.3 is 4.57 Å². The Morgan fingerprint density at radius 2 is 2.45 bits per heavy atom. The molecule has 0 saturated carbocycles. The van der Waals surface area contributed by atoms with Gasteiger partial charge in [0, 0.05) is 24.0 Å². The zero-order valence-electron chi connectivity index (χ0n) is 6.95. The highest BCUT2D eigenvalue weighted by atomic mass is 16.1. The molecule has 0 spiro atoms.